The monoisotopic (exact) mass is 324 g/mol. The van der Waals surface area contributed by atoms with E-state index < -0.39 is 17.5 Å². The molecule has 0 unspecified atom stereocenters. The van der Waals surface area contributed by atoms with Gasteiger partial charge in [0.2, 0.25) is 0 Å². The Kier molecular flexibility index (Phi) is 5.27. The quantitative estimate of drug-likeness (QED) is 0.790. The zero-order valence-electron chi connectivity index (χ0n) is 13.1. The Morgan fingerprint density at radius 2 is 1.88 bits per heavy atom. The van der Waals surface area contributed by atoms with Crippen LogP contribution in [0.5, 0.6) is 5.75 Å². The van der Waals surface area contributed by atoms with E-state index in [0.29, 0.717) is 12.1 Å². The van der Waals surface area contributed by atoms with Crippen molar-refractivity contribution in [3.63, 3.8) is 0 Å². The second kappa shape index (κ2) is 7.38. The zero-order chi connectivity index (χ0) is 17.7. The molecule has 6 nitrogen and oxygen atoms in total. The first kappa shape index (κ1) is 17.2. The minimum absolute atomic E-state index is 0.0502. The van der Waals surface area contributed by atoms with Gasteiger partial charge in [0, 0.05) is 18.5 Å². The van der Waals surface area contributed by atoms with E-state index >= 15 is 0 Å². The molecule has 0 radical (unpaired) electrons. The summed E-state index contributed by atoms with van der Waals surface area (Å²) >= 11 is 0. The van der Waals surface area contributed by atoms with Crippen molar-refractivity contribution in [3.8, 4) is 11.8 Å². The highest BCUT2D eigenvalue weighted by Gasteiger charge is 2.19. The fraction of sp³-hybridized carbons (Fsp3) is 0.222. The minimum Gasteiger partial charge on any atom is -0.504 e. The Bertz CT molecular complexity index is 820. The van der Waals surface area contributed by atoms with Crippen LogP contribution in [0.2, 0.25) is 0 Å². The average Bonchev–Trinajstić information content (AvgIpc) is 2.56. The van der Waals surface area contributed by atoms with Crippen molar-refractivity contribution in [2.45, 2.75) is 26.2 Å². The molecule has 0 spiro atoms. The van der Waals surface area contributed by atoms with Crippen LogP contribution < -0.4 is 0 Å². The molecule has 0 aliphatic carbocycles. The lowest BCUT2D eigenvalue weighted by atomic mass is 10.0. The van der Waals surface area contributed by atoms with Crippen LogP contribution in [0.1, 0.15) is 45.7 Å². The van der Waals surface area contributed by atoms with Gasteiger partial charge >= 0.3 is 5.97 Å². The number of aryl methyl sites for hydroxylation is 1. The minimum atomic E-state index is -1.11. The van der Waals surface area contributed by atoms with E-state index in [1.807, 2.05) is 37.3 Å². The first-order valence-electron chi connectivity index (χ1n) is 7.34. The molecular formula is C18H16N2O4. The normalized spacial score (nSPS) is 10.2. The summed E-state index contributed by atoms with van der Waals surface area (Å²) in [6.45, 7) is 1.97. The third kappa shape index (κ3) is 4.17. The Balaban J connectivity index is 2.34. The molecule has 0 aliphatic heterocycles. The van der Waals surface area contributed by atoms with Crippen LogP contribution in [0.15, 0.2) is 30.3 Å². The van der Waals surface area contributed by atoms with Gasteiger partial charge in [-0.1, -0.05) is 29.8 Å². The van der Waals surface area contributed by atoms with Gasteiger partial charge in [-0.3, -0.25) is 9.59 Å². The van der Waals surface area contributed by atoms with Crippen LogP contribution in [-0.4, -0.2) is 26.9 Å². The summed E-state index contributed by atoms with van der Waals surface area (Å²) < 4.78 is 0. The summed E-state index contributed by atoms with van der Waals surface area (Å²) in [5, 5.41) is 27.8. The summed E-state index contributed by atoms with van der Waals surface area (Å²) in [6, 6.07) is 11.0. The number of carbonyl (C=O) groups excluding carboxylic acids is 1. The molecule has 6 heteroatoms. The molecule has 0 fully saturated rings. The van der Waals surface area contributed by atoms with Crippen molar-refractivity contribution in [1.29, 1.82) is 5.26 Å². The van der Waals surface area contributed by atoms with E-state index in [4.69, 9.17) is 10.4 Å². The highest BCUT2D eigenvalue weighted by molar-refractivity contribution is 5.98. The second-order valence-corrected chi connectivity index (χ2v) is 5.45. The van der Waals surface area contributed by atoms with Crippen LogP contribution >= 0.6 is 0 Å². The van der Waals surface area contributed by atoms with Crippen molar-refractivity contribution in [3.05, 3.63) is 58.4 Å². The van der Waals surface area contributed by atoms with Crippen LogP contribution in [0.4, 0.5) is 0 Å². The van der Waals surface area contributed by atoms with Gasteiger partial charge in [0.15, 0.2) is 11.5 Å². The molecule has 0 atom stereocenters. The van der Waals surface area contributed by atoms with E-state index in [1.165, 1.54) is 6.07 Å². The van der Waals surface area contributed by atoms with E-state index in [-0.39, 0.29) is 24.1 Å². The number of carbonyl (C=O) groups is 2. The number of hydrogen-bond donors (Lipinski definition) is 2. The molecule has 0 saturated heterocycles. The van der Waals surface area contributed by atoms with Crippen LogP contribution in [0.3, 0.4) is 0 Å². The molecule has 2 aromatic rings. The van der Waals surface area contributed by atoms with Crippen LogP contribution in [0, 0.1) is 18.3 Å². The third-order valence-electron chi connectivity index (χ3n) is 3.50. The van der Waals surface area contributed by atoms with Crippen molar-refractivity contribution in [1.82, 2.24) is 4.98 Å². The zero-order valence-corrected chi connectivity index (χ0v) is 13.1. The molecule has 0 amide bonds. The summed E-state index contributed by atoms with van der Waals surface area (Å²) in [5.41, 5.74) is 2.22. The number of Topliss-reactive ketones (excluding diaryl/α,β-unsaturated/α-hetero) is 1. The highest BCUT2D eigenvalue weighted by Crippen LogP contribution is 2.24. The SMILES string of the molecule is Cc1ccc(Cc2cc(C#N)c(O)c(C(=O)CCC(=O)O)n2)cc1. The van der Waals surface area contributed by atoms with Gasteiger partial charge in [0.25, 0.3) is 0 Å². The van der Waals surface area contributed by atoms with Gasteiger partial charge < -0.3 is 10.2 Å². The predicted molar refractivity (Wildman–Crippen MR) is 85.8 cm³/mol. The topological polar surface area (TPSA) is 111 Å². The Morgan fingerprint density at radius 3 is 2.46 bits per heavy atom. The molecule has 1 aromatic carbocycles. The molecule has 24 heavy (non-hydrogen) atoms. The largest absolute Gasteiger partial charge is 0.504 e. The molecule has 2 rings (SSSR count). The first-order chi connectivity index (χ1) is 11.4. The molecule has 2 N–H and O–H groups in total. The van der Waals surface area contributed by atoms with Crippen molar-refractivity contribution in [2.75, 3.05) is 0 Å². The maximum atomic E-state index is 12.1. The van der Waals surface area contributed by atoms with Gasteiger partial charge in [-0.15, -0.1) is 0 Å². The number of aromatic nitrogens is 1. The summed E-state index contributed by atoms with van der Waals surface area (Å²) in [7, 11) is 0. The Hall–Kier alpha value is -3.20. The number of nitriles is 1. The number of benzene rings is 1. The molecule has 1 aromatic heterocycles. The van der Waals surface area contributed by atoms with E-state index in [1.54, 1.807) is 0 Å². The summed E-state index contributed by atoms with van der Waals surface area (Å²) in [4.78, 5) is 26.8. The number of aromatic hydroxyl groups is 1. The van der Waals surface area contributed by atoms with E-state index in [0.717, 1.165) is 11.1 Å². The number of pyridine rings is 1. The third-order valence-corrected chi connectivity index (χ3v) is 3.50. The van der Waals surface area contributed by atoms with Gasteiger partial charge in [-0.25, -0.2) is 4.98 Å². The van der Waals surface area contributed by atoms with E-state index in [2.05, 4.69) is 4.98 Å². The van der Waals surface area contributed by atoms with Gasteiger partial charge in [-0.05, 0) is 18.6 Å². The number of aliphatic carboxylic acids is 1. The lowest BCUT2D eigenvalue weighted by Gasteiger charge is -2.08. The Morgan fingerprint density at radius 1 is 1.21 bits per heavy atom. The smallest absolute Gasteiger partial charge is 0.303 e. The van der Waals surface area contributed by atoms with Gasteiger partial charge in [0.1, 0.15) is 11.8 Å². The molecule has 122 valence electrons. The lowest BCUT2D eigenvalue weighted by molar-refractivity contribution is -0.136. The van der Waals surface area contributed by atoms with Gasteiger partial charge in [0.05, 0.1) is 12.0 Å². The van der Waals surface area contributed by atoms with Crippen molar-refractivity contribution >= 4 is 11.8 Å². The van der Waals surface area contributed by atoms with Crippen LogP contribution in [-0.2, 0) is 11.2 Å². The maximum Gasteiger partial charge on any atom is 0.303 e. The number of carboxylic acids is 1. The Labute approximate surface area is 139 Å². The molecule has 0 bridgehead atoms. The van der Waals surface area contributed by atoms with Crippen molar-refractivity contribution in [2.24, 2.45) is 0 Å². The molecular weight excluding hydrogens is 308 g/mol. The fourth-order valence-corrected chi connectivity index (χ4v) is 2.22. The molecule has 1 heterocycles. The number of nitrogens with zero attached hydrogens (tertiary/aromatic N) is 2. The van der Waals surface area contributed by atoms with Crippen molar-refractivity contribution < 1.29 is 19.8 Å². The molecule has 0 saturated carbocycles. The first-order valence-corrected chi connectivity index (χ1v) is 7.34. The molecule has 0 aliphatic rings. The highest BCUT2D eigenvalue weighted by atomic mass is 16.4. The second-order valence-electron chi connectivity index (χ2n) is 5.45. The summed E-state index contributed by atoms with van der Waals surface area (Å²) in [6.07, 6.45) is -0.243. The fourth-order valence-electron chi connectivity index (χ4n) is 2.22. The number of ketones is 1. The maximum absolute atomic E-state index is 12.1. The van der Waals surface area contributed by atoms with Crippen LogP contribution in [0.25, 0.3) is 0 Å². The van der Waals surface area contributed by atoms with E-state index in [9.17, 15) is 14.7 Å². The lowest BCUT2D eigenvalue weighted by Crippen LogP contribution is -2.09. The van der Waals surface area contributed by atoms with Gasteiger partial charge in [-0.2, -0.15) is 5.26 Å². The summed E-state index contributed by atoms with van der Waals surface area (Å²) in [5.74, 6) is -2.21. The number of carboxylic acid groups (broad SMARTS) is 1. The number of hydrogen-bond acceptors (Lipinski definition) is 5. The number of rotatable bonds is 6. The average molecular weight is 324 g/mol. The standard InChI is InChI=1S/C18H16N2O4/c1-11-2-4-12(5-3-11)8-14-9-13(10-19)18(24)17(20-14)15(21)6-7-16(22)23/h2-5,9,24H,6-8H2,1H3,(H,22,23). The predicted octanol–water partition coefficient (Wildman–Crippen LogP) is 2.61.